The molecule has 0 saturated carbocycles. The zero-order valence-corrected chi connectivity index (χ0v) is 6.70. The third-order valence-electron chi connectivity index (χ3n) is 2.09. The van der Waals surface area contributed by atoms with Crippen LogP contribution in [-0.2, 0) is 7.05 Å². The second-order valence-corrected chi connectivity index (χ2v) is 2.78. The number of aryl methyl sites for hydroxylation is 2. The molecule has 0 aliphatic rings. The quantitative estimate of drug-likeness (QED) is 0.555. The normalized spacial score (nSPS) is 10.7. The third kappa shape index (κ3) is 0.827. The number of aromatic nitrogens is 2. The molecule has 2 nitrogen and oxygen atoms in total. The summed E-state index contributed by atoms with van der Waals surface area (Å²) in [5.41, 5.74) is 2.47. The Balaban J connectivity index is 2.92. The lowest BCUT2D eigenvalue weighted by Gasteiger charge is -1.95. The lowest BCUT2D eigenvalue weighted by molar-refractivity contribution is 0.915. The van der Waals surface area contributed by atoms with Gasteiger partial charge in [0.1, 0.15) is 0 Å². The van der Waals surface area contributed by atoms with Crippen molar-refractivity contribution < 1.29 is 0 Å². The highest BCUT2D eigenvalue weighted by molar-refractivity contribution is 5.79. The van der Waals surface area contributed by atoms with E-state index in [0.29, 0.717) is 0 Å². The van der Waals surface area contributed by atoms with Gasteiger partial charge in [-0.3, -0.25) is 4.98 Å². The predicted octanol–water partition coefficient (Wildman–Crippen LogP) is 1.88. The molecule has 0 unspecified atom stereocenters. The molecule has 2 heterocycles. The number of hydrogen-bond donors (Lipinski definition) is 0. The van der Waals surface area contributed by atoms with Gasteiger partial charge in [0, 0.05) is 24.3 Å². The van der Waals surface area contributed by atoms with Crippen molar-refractivity contribution in [3.63, 3.8) is 0 Å². The van der Waals surface area contributed by atoms with Crippen LogP contribution < -0.4 is 0 Å². The van der Waals surface area contributed by atoms with Crippen LogP contribution in [0.4, 0.5) is 0 Å². The van der Waals surface area contributed by atoms with E-state index in [2.05, 4.69) is 29.6 Å². The number of hydrogen-bond acceptors (Lipinski definition) is 1. The molecule has 0 aliphatic heterocycles. The maximum Gasteiger partial charge on any atom is 0.0666 e. The first-order valence-electron chi connectivity index (χ1n) is 3.65. The highest BCUT2D eigenvalue weighted by atomic mass is 14.9. The number of fused-ring (bicyclic) bond motifs is 1. The molecule has 0 amide bonds. The molecule has 0 bridgehead atoms. The zero-order chi connectivity index (χ0) is 7.84. The average Bonchev–Trinajstić information content (AvgIpc) is 2.30. The first kappa shape index (κ1) is 6.40. The predicted molar refractivity (Wildman–Crippen MR) is 45.5 cm³/mol. The number of pyridine rings is 1. The van der Waals surface area contributed by atoms with Gasteiger partial charge >= 0.3 is 0 Å². The fourth-order valence-electron chi connectivity index (χ4n) is 1.31. The van der Waals surface area contributed by atoms with E-state index in [0.717, 1.165) is 0 Å². The summed E-state index contributed by atoms with van der Waals surface area (Å²) in [7, 11) is 2.05. The first-order valence-corrected chi connectivity index (χ1v) is 3.65. The molecule has 0 fully saturated rings. The van der Waals surface area contributed by atoms with E-state index < -0.39 is 0 Å². The Labute approximate surface area is 65.5 Å². The van der Waals surface area contributed by atoms with Crippen LogP contribution in [0.3, 0.4) is 0 Å². The third-order valence-corrected chi connectivity index (χ3v) is 2.09. The van der Waals surface area contributed by atoms with Gasteiger partial charge in [-0.05, 0) is 19.1 Å². The molecule has 0 aromatic carbocycles. The SMILES string of the molecule is Cc1cc2ccncc2n1C. The topological polar surface area (TPSA) is 17.8 Å². The minimum atomic E-state index is 1.20. The second-order valence-electron chi connectivity index (χ2n) is 2.78. The lowest BCUT2D eigenvalue weighted by Crippen LogP contribution is -1.88. The largest absolute Gasteiger partial charge is 0.347 e. The Kier molecular flexibility index (Phi) is 1.22. The molecule has 2 heteroatoms. The van der Waals surface area contributed by atoms with Crippen LogP contribution in [0.15, 0.2) is 24.5 Å². The molecule has 2 rings (SSSR count). The Morgan fingerprint density at radius 1 is 1.45 bits per heavy atom. The summed E-state index contributed by atoms with van der Waals surface area (Å²) in [5, 5.41) is 1.26. The summed E-state index contributed by atoms with van der Waals surface area (Å²) < 4.78 is 2.14. The van der Waals surface area contributed by atoms with Gasteiger partial charge in [0.25, 0.3) is 0 Å². The monoisotopic (exact) mass is 146 g/mol. The van der Waals surface area contributed by atoms with Crippen LogP contribution in [0.1, 0.15) is 5.69 Å². The van der Waals surface area contributed by atoms with Gasteiger partial charge in [-0.1, -0.05) is 0 Å². The Bertz CT molecular complexity index is 387. The van der Waals surface area contributed by atoms with Crippen molar-refractivity contribution in [2.45, 2.75) is 6.92 Å². The summed E-state index contributed by atoms with van der Waals surface area (Å²) in [6.45, 7) is 2.10. The summed E-state index contributed by atoms with van der Waals surface area (Å²) in [5.74, 6) is 0. The van der Waals surface area contributed by atoms with Crippen LogP contribution in [0.5, 0.6) is 0 Å². The molecule has 2 aromatic rings. The fraction of sp³-hybridized carbons (Fsp3) is 0.222. The van der Waals surface area contributed by atoms with Crippen molar-refractivity contribution in [3.05, 3.63) is 30.2 Å². The number of rotatable bonds is 0. The molecular formula is C9H10N2. The summed E-state index contributed by atoms with van der Waals surface area (Å²) in [4.78, 5) is 4.07. The van der Waals surface area contributed by atoms with Crippen molar-refractivity contribution in [1.29, 1.82) is 0 Å². The van der Waals surface area contributed by atoms with Crippen molar-refractivity contribution in [1.82, 2.24) is 9.55 Å². The number of nitrogens with zero attached hydrogens (tertiary/aromatic N) is 2. The maximum absolute atomic E-state index is 4.07. The van der Waals surface area contributed by atoms with E-state index in [-0.39, 0.29) is 0 Å². The lowest BCUT2D eigenvalue weighted by atomic mass is 10.3. The van der Waals surface area contributed by atoms with Crippen LogP contribution in [0, 0.1) is 6.92 Å². The van der Waals surface area contributed by atoms with Gasteiger partial charge in [-0.25, -0.2) is 0 Å². The van der Waals surface area contributed by atoms with Crippen molar-refractivity contribution >= 4 is 10.9 Å². The summed E-state index contributed by atoms with van der Waals surface area (Å²) in [6, 6.07) is 4.19. The molecule has 0 spiro atoms. The zero-order valence-electron chi connectivity index (χ0n) is 6.70. The van der Waals surface area contributed by atoms with Crippen LogP contribution in [0.25, 0.3) is 10.9 Å². The second kappa shape index (κ2) is 2.09. The molecule has 0 saturated heterocycles. The fourth-order valence-corrected chi connectivity index (χ4v) is 1.31. The van der Waals surface area contributed by atoms with Gasteiger partial charge in [-0.15, -0.1) is 0 Å². The van der Waals surface area contributed by atoms with Crippen molar-refractivity contribution in [2.24, 2.45) is 7.05 Å². The van der Waals surface area contributed by atoms with E-state index >= 15 is 0 Å². The maximum atomic E-state index is 4.07. The van der Waals surface area contributed by atoms with E-state index in [1.807, 2.05) is 18.5 Å². The first-order chi connectivity index (χ1) is 5.29. The molecule has 0 N–H and O–H groups in total. The minimum Gasteiger partial charge on any atom is -0.347 e. The molecule has 2 aromatic heterocycles. The summed E-state index contributed by atoms with van der Waals surface area (Å²) >= 11 is 0. The van der Waals surface area contributed by atoms with Gasteiger partial charge in [0.2, 0.25) is 0 Å². The van der Waals surface area contributed by atoms with Crippen LogP contribution in [-0.4, -0.2) is 9.55 Å². The van der Waals surface area contributed by atoms with Crippen molar-refractivity contribution in [3.8, 4) is 0 Å². The molecule has 56 valence electrons. The standard InChI is InChI=1S/C9H10N2/c1-7-5-8-3-4-10-6-9(8)11(7)2/h3-6H,1-2H3. The molecule has 0 atom stereocenters. The van der Waals surface area contributed by atoms with E-state index in [1.54, 1.807) is 0 Å². The molecule has 11 heavy (non-hydrogen) atoms. The van der Waals surface area contributed by atoms with Crippen molar-refractivity contribution in [2.75, 3.05) is 0 Å². The average molecular weight is 146 g/mol. The smallest absolute Gasteiger partial charge is 0.0666 e. The molecular weight excluding hydrogens is 136 g/mol. The van der Waals surface area contributed by atoms with Crippen LogP contribution in [0.2, 0.25) is 0 Å². The minimum absolute atomic E-state index is 1.20. The Morgan fingerprint density at radius 2 is 2.27 bits per heavy atom. The molecule has 0 aliphatic carbocycles. The van der Waals surface area contributed by atoms with E-state index in [4.69, 9.17) is 0 Å². The van der Waals surface area contributed by atoms with E-state index in [1.165, 1.54) is 16.6 Å². The molecule has 0 radical (unpaired) electrons. The Hall–Kier alpha value is -1.31. The van der Waals surface area contributed by atoms with Gasteiger partial charge in [0.05, 0.1) is 11.7 Å². The van der Waals surface area contributed by atoms with Gasteiger partial charge < -0.3 is 4.57 Å². The highest BCUT2D eigenvalue weighted by Gasteiger charge is 1.99. The van der Waals surface area contributed by atoms with Crippen LogP contribution >= 0.6 is 0 Å². The van der Waals surface area contributed by atoms with Gasteiger partial charge in [0.15, 0.2) is 0 Å². The summed E-state index contributed by atoms with van der Waals surface area (Å²) in [6.07, 6.45) is 3.71. The van der Waals surface area contributed by atoms with E-state index in [9.17, 15) is 0 Å². The Morgan fingerprint density at radius 3 is 3.00 bits per heavy atom. The van der Waals surface area contributed by atoms with Gasteiger partial charge in [-0.2, -0.15) is 0 Å². The highest BCUT2D eigenvalue weighted by Crippen LogP contribution is 2.15.